The number of morpholine rings is 1. The van der Waals surface area contributed by atoms with E-state index in [9.17, 15) is 10.1 Å². The fraction of sp³-hybridized carbons (Fsp3) is 0.667. The predicted molar refractivity (Wildman–Crippen MR) is 130 cm³/mol. The first-order valence-corrected chi connectivity index (χ1v) is 10.7. The first-order chi connectivity index (χ1) is 14.1. The summed E-state index contributed by atoms with van der Waals surface area (Å²) in [6.07, 6.45) is 6.29. The Morgan fingerprint density at radius 1 is 1.17 bits per heavy atom. The smallest absolute Gasteiger partial charge is 0.269 e. The van der Waals surface area contributed by atoms with Crippen molar-refractivity contribution >= 4 is 35.6 Å². The average molecular weight is 531 g/mol. The molecule has 30 heavy (non-hydrogen) atoms. The molecule has 1 aliphatic heterocycles. The van der Waals surface area contributed by atoms with Crippen LogP contribution in [0.3, 0.4) is 0 Å². The van der Waals surface area contributed by atoms with E-state index >= 15 is 0 Å². The number of aliphatic imine (C=N–C) groups is 1. The van der Waals surface area contributed by atoms with Crippen molar-refractivity contribution in [1.82, 2.24) is 15.5 Å². The molecule has 0 aromatic heterocycles. The molecule has 0 spiro atoms. The van der Waals surface area contributed by atoms with Crippen LogP contribution in [0.15, 0.2) is 29.3 Å². The van der Waals surface area contributed by atoms with Crippen molar-refractivity contribution in [2.75, 3.05) is 39.4 Å². The number of nitrogens with one attached hydrogen (secondary N) is 2. The molecule has 0 radical (unpaired) electrons. The third-order valence-electron chi connectivity index (χ3n) is 5.96. The zero-order valence-electron chi connectivity index (χ0n) is 17.8. The number of guanidine groups is 1. The number of rotatable bonds is 7. The molecule has 1 aliphatic carbocycles. The fourth-order valence-electron chi connectivity index (χ4n) is 4.34. The van der Waals surface area contributed by atoms with Gasteiger partial charge in [0.1, 0.15) is 0 Å². The van der Waals surface area contributed by atoms with Gasteiger partial charge in [0.2, 0.25) is 0 Å². The molecule has 0 amide bonds. The third kappa shape index (κ3) is 6.78. The third-order valence-corrected chi connectivity index (χ3v) is 5.96. The van der Waals surface area contributed by atoms with Gasteiger partial charge < -0.3 is 15.4 Å². The molecule has 0 unspecified atom stereocenters. The van der Waals surface area contributed by atoms with Gasteiger partial charge in [0.15, 0.2) is 5.96 Å². The van der Waals surface area contributed by atoms with Crippen LogP contribution in [-0.4, -0.2) is 60.7 Å². The molecule has 9 heteroatoms. The second-order valence-corrected chi connectivity index (χ2v) is 7.86. The van der Waals surface area contributed by atoms with Gasteiger partial charge in [-0.05, 0) is 25.3 Å². The van der Waals surface area contributed by atoms with Gasteiger partial charge in [0, 0.05) is 43.9 Å². The summed E-state index contributed by atoms with van der Waals surface area (Å²) in [6.45, 7) is 7.83. The van der Waals surface area contributed by atoms with Gasteiger partial charge >= 0.3 is 0 Å². The minimum absolute atomic E-state index is 0. The van der Waals surface area contributed by atoms with E-state index < -0.39 is 0 Å². The largest absolute Gasteiger partial charge is 0.379 e. The number of benzene rings is 1. The Morgan fingerprint density at radius 2 is 1.83 bits per heavy atom. The second-order valence-electron chi connectivity index (χ2n) is 7.86. The van der Waals surface area contributed by atoms with Gasteiger partial charge in [-0.15, -0.1) is 24.0 Å². The zero-order chi connectivity index (χ0) is 20.5. The summed E-state index contributed by atoms with van der Waals surface area (Å²) in [5, 5.41) is 17.7. The van der Waals surface area contributed by atoms with Crippen LogP contribution in [0, 0.1) is 10.1 Å². The Hall–Kier alpha value is -1.46. The molecule has 168 valence electrons. The maximum Gasteiger partial charge on any atom is 0.269 e. The summed E-state index contributed by atoms with van der Waals surface area (Å²) in [7, 11) is 0. The second kappa shape index (κ2) is 12.4. The van der Waals surface area contributed by atoms with Gasteiger partial charge in [-0.3, -0.25) is 15.0 Å². The topological polar surface area (TPSA) is 92.0 Å². The van der Waals surface area contributed by atoms with Gasteiger partial charge in [-0.2, -0.15) is 0 Å². The van der Waals surface area contributed by atoms with E-state index in [1.54, 1.807) is 12.1 Å². The van der Waals surface area contributed by atoms with Crippen molar-refractivity contribution in [1.29, 1.82) is 0 Å². The van der Waals surface area contributed by atoms with Crippen molar-refractivity contribution in [3.8, 4) is 0 Å². The highest BCUT2D eigenvalue weighted by atomic mass is 127. The van der Waals surface area contributed by atoms with E-state index in [4.69, 9.17) is 9.73 Å². The first kappa shape index (κ1) is 24.8. The standard InChI is InChI=1S/C21H33N5O3.HI/c1-2-22-20(23-16-18-6-8-19(9-7-18)26(27)28)24-17-21(10-4-3-5-11-21)25-12-14-29-15-13-25;/h6-9H,2-5,10-17H2,1H3,(H2,22,23,24);1H. The van der Waals surface area contributed by atoms with Crippen molar-refractivity contribution in [2.45, 2.75) is 51.1 Å². The number of ether oxygens (including phenoxy) is 1. The van der Waals surface area contributed by atoms with Crippen molar-refractivity contribution < 1.29 is 9.66 Å². The summed E-state index contributed by atoms with van der Waals surface area (Å²) >= 11 is 0. The van der Waals surface area contributed by atoms with E-state index in [1.807, 2.05) is 0 Å². The number of hydrogen-bond acceptors (Lipinski definition) is 5. The van der Waals surface area contributed by atoms with Crippen molar-refractivity contribution in [3.63, 3.8) is 0 Å². The Kier molecular flexibility index (Phi) is 10.3. The normalized spacial score (nSPS) is 19.6. The Balaban J connectivity index is 0.00000320. The van der Waals surface area contributed by atoms with Crippen molar-refractivity contribution in [2.24, 2.45) is 4.99 Å². The molecule has 8 nitrogen and oxygen atoms in total. The lowest BCUT2D eigenvalue weighted by Gasteiger charge is -2.48. The summed E-state index contributed by atoms with van der Waals surface area (Å²) < 4.78 is 5.57. The lowest BCUT2D eigenvalue weighted by atomic mass is 9.80. The maximum absolute atomic E-state index is 10.8. The van der Waals surface area contributed by atoms with E-state index in [1.165, 1.54) is 44.2 Å². The van der Waals surface area contributed by atoms with Gasteiger partial charge in [0.25, 0.3) is 5.69 Å². The SMILES string of the molecule is CCNC(=NCc1ccc([N+](=O)[O-])cc1)NCC1(N2CCOCC2)CCCCC1.I. The summed E-state index contributed by atoms with van der Waals surface area (Å²) in [5.74, 6) is 0.795. The molecule has 2 aliphatic rings. The molecule has 1 saturated carbocycles. The number of nitro benzene ring substituents is 1. The zero-order valence-corrected chi connectivity index (χ0v) is 20.1. The quantitative estimate of drug-likeness (QED) is 0.185. The Morgan fingerprint density at radius 3 is 2.43 bits per heavy atom. The average Bonchev–Trinajstić information content (AvgIpc) is 2.77. The number of halogens is 1. The fourth-order valence-corrected chi connectivity index (χ4v) is 4.34. The lowest BCUT2D eigenvalue weighted by Crippen LogP contribution is -2.60. The predicted octanol–water partition coefficient (Wildman–Crippen LogP) is 3.30. The Bertz CT molecular complexity index is 686. The van der Waals surface area contributed by atoms with Crippen LogP contribution in [0.2, 0.25) is 0 Å². The molecule has 1 aromatic carbocycles. The van der Waals surface area contributed by atoms with Crippen LogP contribution in [0.25, 0.3) is 0 Å². The Labute approximate surface area is 196 Å². The summed E-state index contributed by atoms with van der Waals surface area (Å²) in [6, 6.07) is 6.59. The van der Waals surface area contributed by atoms with Gasteiger partial charge in [-0.1, -0.05) is 31.4 Å². The number of nitro groups is 1. The molecule has 1 saturated heterocycles. The van der Waals surface area contributed by atoms with Crippen LogP contribution in [-0.2, 0) is 11.3 Å². The maximum atomic E-state index is 10.8. The first-order valence-electron chi connectivity index (χ1n) is 10.7. The molecule has 3 rings (SSSR count). The monoisotopic (exact) mass is 531 g/mol. The minimum atomic E-state index is -0.381. The molecule has 0 atom stereocenters. The van der Waals surface area contributed by atoms with Crippen LogP contribution in [0.5, 0.6) is 0 Å². The molecule has 0 bridgehead atoms. The molecule has 1 heterocycles. The van der Waals surface area contributed by atoms with E-state index in [0.717, 1.165) is 50.9 Å². The van der Waals surface area contributed by atoms with Gasteiger partial charge in [-0.25, -0.2) is 4.99 Å². The molecular weight excluding hydrogens is 497 g/mol. The van der Waals surface area contributed by atoms with Crippen LogP contribution >= 0.6 is 24.0 Å². The molecule has 2 fully saturated rings. The van der Waals surface area contributed by atoms with E-state index in [0.29, 0.717) is 6.54 Å². The van der Waals surface area contributed by atoms with E-state index in [-0.39, 0.29) is 40.1 Å². The van der Waals surface area contributed by atoms with Crippen LogP contribution < -0.4 is 10.6 Å². The lowest BCUT2D eigenvalue weighted by molar-refractivity contribution is -0.384. The van der Waals surface area contributed by atoms with Crippen LogP contribution in [0.1, 0.15) is 44.6 Å². The number of nitrogens with zero attached hydrogens (tertiary/aromatic N) is 3. The van der Waals surface area contributed by atoms with E-state index in [2.05, 4.69) is 22.5 Å². The summed E-state index contributed by atoms with van der Waals surface area (Å²) in [4.78, 5) is 17.7. The molecule has 2 N–H and O–H groups in total. The van der Waals surface area contributed by atoms with Crippen molar-refractivity contribution in [3.05, 3.63) is 39.9 Å². The minimum Gasteiger partial charge on any atom is -0.379 e. The van der Waals surface area contributed by atoms with Crippen LogP contribution in [0.4, 0.5) is 5.69 Å². The summed E-state index contributed by atoms with van der Waals surface area (Å²) in [5.41, 5.74) is 1.23. The molecule has 1 aromatic rings. The number of hydrogen-bond donors (Lipinski definition) is 2. The highest BCUT2D eigenvalue weighted by molar-refractivity contribution is 14.0. The van der Waals surface area contributed by atoms with Gasteiger partial charge in [0.05, 0.1) is 24.7 Å². The number of non-ortho nitro benzene ring substituents is 1. The molecular formula is C21H34IN5O3. The highest BCUT2D eigenvalue weighted by Gasteiger charge is 2.38. The highest BCUT2D eigenvalue weighted by Crippen LogP contribution is 2.33.